The Labute approximate surface area is 204 Å². The molecule has 3 aromatic carbocycles. The lowest BCUT2D eigenvalue weighted by Crippen LogP contribution is -2.57. The number of fused-ring (bicyclic) bond motifs is 1. The first-order chi connectivity index (χ1) is 15.5. The average molecular weight is 503 g/mol. The Morgan fingerprint density at radius 1 is 0.879 bits per heavy atom. The van der Waals surface area contributed by atoms with Crippen LogP contribution in [0.5, 0.6) is 0 Å². The van der Waals surface area contributed by atoms with Gasteiger partial charge in [-0.3, -0.25) is 4.79 Å². The molecule has 1 aliphatic heterocycles. The van der Waals surface area contributed by atoms with E-state index in [4.69, 9.17) is 23.2 Å². The Bertz CT molecular complexity index is 1300. The number of anilines is 1. The predicted molar refractivity (Wildman–Crippen MR) is 133 cm³/mol. The van der Waals surface area contributed by atoms with Gasteiger partial charge in [-0.05, 0) is 44.5 Å². The van der Waals surface area contributed by atoms with Crippen LogP contribution < -0.4 is 9.62 Å². The molecule has 8 heteroatoms. The minimum Gasteiger partial charge on any atom is -0.305 e. The van der Waals surface area contributed by atoms with Gasteiger partial charge in [0.1, 0.15) is 0 Å². The van der Waals surface area contributed by atoms with Gasteiger partial charge in [-0.25, -0.2) is 8.42 Å². The van der Waals surface area contributed by atoms with Crippen molar-refractivity contribution >= 4 is 44.8 Å². The molecule has 1 atom stereocenters. The van der Waals surface area contributed by atoms with Gasteiger partial charge >= 0.3 is 0 Å². The first kappa shape index (κ1) is 23.8. The molecule has 0 aromatic heterocycles. The van der Waals surface area contributed by atoms with Crippen molar-refractivity contribution in [3.63, 3.8) is 0 Å². The highest BCUT2D eigenvalue weighted by molar-refractivity contribution is 7.90. The van der Waals surface area contributed by atoms with Crippen LogP contribution in [0.25, 0.3) is 0 Å². The lowest BCUT2D eigenvalue weighted by molar-refractivity contribution is -0.122. The summed E-state index contributed by atoms with van der Waals surface area (Å²) in [6, 6.07) is 21.2. The Morgan fingerprint density at radius 3 is 2.06 bits per heavy atom. The molecule has 4 rings (SSSR count). The summed E-state index contributed by atoms with van der Waals surface area (Å²) in [6.45, 7) is 4.89. The number of halogens is 2. The molecule has 1 heterocycles. The minimum atomic E-state index is -3.93. The molecule has 0 aliphatic carbocycles. The number of sulfonamides is 1. The van der Waals surface area contributed by atoms with Gasteiger partial charge < -0.3 is 4.90 Å². The first-order valence-electron chi connectivity index (χ1n) is 10.4. The lowest BCUT2D eigenvalue weighted by atomic mass is 9.85. The zero-order chi connectivity index (χ0) is 24.0. The molecular formula is C25H24Cl2N2O3S. The number of carbonyl (C=O) groups is 1. The molecule has 1 amide bonds. The van der Waals surface area contributed by atoms with Crippen LogP contribution in [0, 0.1) is 0 Å². The number of nitrogens with zero attached hydrogens (tertiary/aromatic N) is 1. The third-order valence-corrected chi connectivity index (χ3v) is 8.74. The molecule has 0 saturated heterocycles. The number of nitrogens with one attached hydrogen (secondary N) is 1. The fourth-order valence-electron chi connectivity index (χ4n) is 3.93. The SMILES string of the molecule is CC(C)(C)S(=O)(=O)N[C@@]1(c2ccccc2)C(=O)N(Cc2c(Cl)cccc2Cl)c2ccccc21. The summed E-state index contributed by atoms with van der Waals surface area (Å²) in [5.41, 5.74) is 0.642. The van der Waals surface area contributed by atoms with Gasteiger partial charge in [0.2, 0.25) is 10.0 Å². The molecule has 172 valence electrons. The highest BCUT2D eigenvalue weighted by Gasteiger charge is 2.55. The van der Waals surface area contributed by atoms with Crippen LogP contribution in [0.2, 0.25) is 10.0 Å². The Morgan fingerprint density at radius 2 is 1.45 bits per heavy atom. The molecule has 5 nitrogen and oxygen atoms in total. The predicted octanol–water partition coefficient (Wildman–Crippen LogP) is 5.50. The van der Waals surface area contributed by atoms with Gasteiger partial charge in [0.25, 0.3) is 5.91 Å². The van der Waals surface area contributed by atoms with E-state index in [0.717, 1.165) is 0 Å². The summed E-state index contributed by atoms with van der Waals surface area (Å²) in [7, 11) is -3.93. The van der Waals surface area contributed by atoms with Crippen LogP contribution in [0.1, 0.15) is 37.5 Å². The van der Waals surface area contributed by atoms with Crippen molar-refractivity contribution in [3.8, 4) is 0 Å². The zero-order valence-corrected chi connectivity index (χ0v) is 20.8. The van der Waals surface area contributed by atoms with E-state index in [0.29, 0.717) is 32.4 Å². The molecule has 0 unspecified atom stereocenters. The average Bonchev–Trinajstić information content (AvgIpc) is 2.99. The van der Waals surface area contributed by atoms with Crippen LogP contribution in [0.4, 0.5) is 5.69 Å². The standard InChI is InChI=1S/C25H24Cl2N2O3S/c1-24(2,3)33(31,32)28-25(17-10-5-4-6-11-17)19-12-7-8-15-22(19)29(23(25)30)16-18-20(26)13-9-14-21(18)27/h4-15,28H,16H2,1-3H3/t25-/m1/s1. The highest BCUT2D eigenvalue weighted by Crippen LogP contribution is 2.46. The van der Waals surface area contributed by atoms with Crippen molar-refractivity contribution in [1.29, 1.82) is 0 Å². The normalized spacial score (nSPS) is 18.5. The van der Waals surface area contributed by atoms with Crippen LogP contribution >= 0.6 is 23.2 Å². The summed E-state index contributed by atoms with van der Waals surface area (Å²) in [5, 5.41) is 0.862. The summed E-state index contributed by atoms with van der Waals surface area (Å²) in [4.78, 5) is 15.8. The van der Waals surface area contributed by atoms with Gasteiger partial charge in [-0.2, -0.15) is 4.72 Å². The molecule has 0 bridgehead atoms. The van der Waals surface area contributed by atoms with Gasteiger partial charge in [0.15, 0.2) is 5.54 Å². The number of benzene rings is 3. The Kier molecular flexibility index (Phi) is 6.08. The van der Waals surface area contributed by atoms with Crippen molar-refractivity contribution in [3.05, 3.63) is 99.5 Å². The number of carbonyl (C=O) groups excluding carboxylic acids is 1. The number of rotatable bonds is 5. The summed E-state index contributed by atoms with van der Waals surface area (Å²) in [6.07, 6.45) is 0. The monoisotopic (exact) mass is 502 g/mol. The summed E-state index contributed by atoms with van der Waals surface area (Å²) < 4.78 is 28.4. The molecule has 0 radical (unpaired) electrons. The van der Waals surface area contributed by atoms with E-state index in [1.807, 2.05) is 12.1 Å². The van der Waals surface area contributed by atoms with Crippen LogP contribution in [0.15, 0.2) is 72.8 Å². The molecule has 0 spiro atoms. The third-order valence-electron chi connectivity index (χ3n) is 5.84. The van der Waals surface area contributed by atoms with Gasteiger partial charge in [0, 0.05) is 21.2 Å². The highest BCUT2D eigenvalue weighted by atomic mass is 35.5. The topological polar surface area (TPSA) is 66.5 Å². The van der Waals surface area contributed by atoms with Crippen LogP contribution in [0.3, 0.4) is 0 Å². The number of hydrogen-bond donors (Lipinski definition) is 1. The third kappa shape index (κ3) is 3.95. The van der Waals surface area contributed by atoms with Crippen molar-refractivity contribution in [2.45, 2.75) is 37.6 Å². The minimum absolute atomic E-state index is 0.0974. The molecule has 0 saturated carbocycles. The van der Waals surface area contributed by atoms with Crippen molar-refractivity contribution in [2.24, 2.45) is 0 Å². The summed E-state index contributed by atoms with van der Waals surface area (Å²) in [5.74, 6) is -0.418. The quantitative estimate of drug-likeness (QED) is 0.500. The van der Waals surface area contributed by atoms with Crippen molar-refractivity contribution in [1.82, 2.24) is 4.72 Å². The lowest BCUT2D eigenvalue weighted by Gasteiger charge is -2.33. The van der Waals surface area contributed by atoms with E-state index in [1.54, 1.807) is 86.3 Å². The van der Waals surface area contributed by atoms with E-state index < -0.39 is 26.2 Å². The molecular weight excluding hydrogens is 479 g/mol. The zero-order valence-electron chi connectivity index (χ0n) is 18.5. The fourth-order valence-corrected chi connectivity index (χ4v) is 5.47. The van der Waals surface area contributed by atoms with Gasteiger partial charge in [-0.15, -0.1) is 0 Å². The van der Waals surface area contributed by atoms with Crippen molar-refractivity contribution < 1.29 is 13.2 Å². The second-order valence-corrected chi connectivity index (χ2v) is 12.2. The largest absolute Gasteiger partial charge is 0.305 e. The molecule has 33 heavy (non-hydrogen) atoms. The van der Waals surface area contributed by atoms with E-state index in [1.165, 1.54) is 0 Å². The van der Waals surface area contributed by atoms with Gasteiger partial charge in [-0.1, -0.05) is 77.8 Å². The van der Waals surface area contributed by atoms with E-state index in [2.05, 4.69) is 4.72 Å². The van der Waals surface area contributed by atoms with Crippen LogP contribution in [-0.4, -0.2) is 19.1 Å². The summed E-state index contributed by atoms with van der Waals surface area (Å²) >= 11 is 12.8. The number of para-hydroxylation sites is 1. The van der Waals surface area contributed by atoms with Gasteiger partial charge in [0.05, 0.1) is 17.0 Å². The second-order valence-electron chi connectivity index (χ2n) is 8.94. The molecule has 3 aromatic rings. The molecule has 1 aliphatic rings. The molecule has 1 N–H and O–H groups in total. The van der Waals surface area contributed by atoms with Crippen LogP contribution in [-0.2, 0) is 26.9 Å². The Balaban J connectivity index is 1.95. The molecule has 0 fully saturated rings. The van der Waals surface area contributed by atoms with Crippen molar-refractivity contribution in [2.75, 3.05) is 4.90 Å². The Hall–Kier alpha value is -2.38. The maximum Gasteiger partial charge on any atom is 0.257 e. The second kappa shape index (κ2) is 8.44. The number of hydrogen-bond acceptors (Lipinski definition) is 3. The van der Waals surface area contributed by atoms with E-state index in [-0.39, 0.29) is 6.54 Å². The number of amides is 1. The van der Waals surface area contributed by atoms with E-state index in [9.17, 15) is 13.2 Å². The van der Waals surface area contributed by atoms with E-state index >= 15 is 0 Å². The maximum absolute atomic E-state index is 14.2. The fraction of sp³-hybridized carbons (Fsp3) is 0.240. The smallest absolute Gasteiger partial charge is 0.257 e. The maximum atomic E-state index is 14.2. The first-order valence-corrected chi connectivity index (χ1v) is 12.7.